The SMILES string of the molecule is COCc1ccc(-c2nccnc2N2CCN(CCNC=O)CC2)cc1.O=C(O)C(O)C(O)C(=O)O. The van der Waals surface area contributed by atoms with E-state index in [2.05, 4.69) is 49.4 Å². The van der Waals surface area contributed by atoms with Crippen LogP contribution in [-0.2, 0) is 25.7 Å². The molecule has 2 unspecified atom stereocenters. The number of methoxy groups -OCH3 is 1. The van der Waals surface area contributed by atoms with E-state index in [1.54, 1.807) is 19.5 Å². The molecule has 13 heteroatoms. The fraction of sp³-hybridized carbons (Fsp3) is 0.435. The van der Waals surface area contributed by atoms with Crippen LogP contribution in [0.1, 0.15) is 5.56 Å². The number of hydrogen-bond donors (Lipinski definition) is 5. The molecular weight excluding hydrogens is 474 g/mol. The number of hydrogen-bond acceptors (Lipinski definition) is 10. The number of carbonyl (C=O) groups excluding carboxylic acids is 1. The number of carbonyl (C=O) groups is 3. The van der Waals surface area contributed by atoms with Crippen molar-refractivity contribution in [2.75, 3.05) is 51.3 Å². The van der Waals surface area contributed by atoms with Crippen molar-refractivity contribution in [3.63, 3.8) is 0 Å². The molecule has 1 saturated heterocycles. The number of aliphatic hydroxyl groups excluding tert-OH is 2. The average molecular weight is 506 g/mol. The molecule has 1 fully saturated rings. The summed E-state index contributed by atoms with van der Waals surface area (Å²) in [7, 11) is 1.70. The summed E-state index contributed by atoms with van der Waals surface area (Å²) in [4.78, 5) is 43.7. The molecule has 5 N–H and O–H groups in total. The van der Waals surface area contributed by atoms with Gasteiger partial charge in [-0.05, 0) is 5.56 Å². The minimum atomic E-state index is -2.27. The van der Waals surface area contributed by atoms with Crippen LogP contribution in [-0.4, -0.2) is 112 Å². The van der Waals surface area contributed by atoms with Crippen LogP contribution in [0.15, 0.2) is 36.7 Å². The summed E-state index contributed by atoms with van der Waals surface area (Å²) in [5.41, 5.74) is 3.11. The molecule has 36 heavy (non-hydrogen) atoms. The van der Waals surface area contributed by atoms with Gasteiger partial charge < -0.3 is 35.4 Å². The summed E-state index contributed by atoms with van der Waals surface area (Å²) in [5, 5.41) is 35.2. The molecule has 1 aromatic carbocycles. The fourth-order valence-electron chi connectivity index (χ4n) is 3.43. The standard InChI is InChI=1S/C19H25N5O2.C4H6O6/c1-26-14-16-2-4-17(5-3-16)18-19(22-7-6-21-18)24-12-10-23(11-13-24)9-8-20-15-25;5-1(3(7)8)2(6)4(9)10/h2-7,15H,8-14H2,1H3,(H,20,25);1-2,5-6H,(H,7,8)(H,9,10). The zero-order chi connectivity index (χ0) is 26.5. The first-order chi connectivity index (χ1) is 17.3. The summed E-state index contributed by atoms with van der Waals surface area (Å²) in [6.07, 6.45) is -0.295. The number of nitrogens with one attached hydrogen (secondary N) is 1. The smallest absolute Gasteiger partial charge is 0.335 e. The normalized spacial score (nSPS) is 15.2. The second-order valence-electron chi connectivity index (χ2n) is 7.83. The van der Waals surface area contributed by atoms with Crippen molar-refractivity contribution < 1.29 is 39.5 Å². The van der Waals surface area contributed by atoms with Gasteiger partial charge in [-0.25, -0.2) is 14.6 Å². The highest BCUT2D eigenvalue weighted by atomic mass is 16.5. The van der Waals surface area contributed by atoms with E-state index in [9.17, 15) is 14.4 Å². The lowest BCUT2D eigenvalue weighted by Crippen LogP contribution is -2.48. The Kier molecular flexibility index (Phi) is 11.7. The zero-order valence-corrected chi connectivity index (χ0v) is 19.9. The molecular formula is C23H31N5O8. The van der Waals surface area contributed by atoms with Crippen LogP contribution < -0.4 is 10.2 Å². The van der Waals surface area contributed by atoms with Crippen LogP contribution in [0.5, 0.6) is 0 Å². The van der Waals surface area contributed by atoms with Crippen molar-refractivity contribution in [2.45, 2.75) is 18.8 Å². The molecule has 196 valence electrons. The first kappa shape index (κ1) is 28.6. The minimum absolute atomic E-state index is 0.606. The second-order valence-corrected chi connectivity index (χ2v) is 7.83. The molecule has 0 spiro atoms. The second kappa shape index (κ2) is 14.7. The van der Waals surface area contributed by atoms with Crippen molar-refractivity contribution in [3.8, 4) is 11.3 Å². The Morgan fingerprint density at radius 2 is 1.61 bits per heavy atom. The Morgan fingerprint density at radius 3 is 2.14 bits per heavy atom. The predicted molar refractivity (Wildman–Crippen MR) is 128 cm³/mol. The largest absolute Gasteiger partial charge is 0.479 e. The number of piperazine rings is 1. The molecule has 13 nitrogen and oxygen atoms in total. The van der Waals surface area contributed by atoms with Gasteiger partial charge in [-0.1, -0.05) is 24.3 Å². The van der Waals surface area contributed by atoms with Gasteiger partial charge in [0.15, 0.2) is 18.0 Å². The van der Waals surface area contributed by atoms with Gasteiger partial charge in [0.1, 0.15) is 5.69 Å². The average Bonchev–Trinajstić information content (AvgIpc) is 2.89. The maximum atomic E-state index is 10.4. The molecule has 0 bridgehead atoms. The molecule has 0 aliphatic carbocycles. The van der Waals surface area contributed by atoms with Crippen LogP contribution in [0.2, 0.25) is 0 Å². The first-order valence-electron chi connectivity index (χ1n) is 11.1. The molecule has 2 aromatic rings. The maximum Gasteiger partial charge on any atom is 0.335 e. The number of benzene rings is 1. The van der Waals surface area contributed by atoms with Crippen molar-refractivity contribution in [1.29, 1.82) is 0 Å². The van der Waals surface area contributed by atoms with E-state index in [1.807, 2.05) is 0 Å². The Hall–Kier alpha value is -3.65. The van der Waals surface area contributed by atoms with Crippen LogP contribution in [0.25, 0.3) is 11.3 Å². The molecule has 1 aromatic heterocycles. The predicted octanol–water partition coefficient (Wildman–Crippen LogP) is -0.965. The zero-order valence-electron chi connectivity index (χ0n) is 19.9. The van der Waals surface area contributed by atoms with Crippen molar-refractivity contribution >= 4 is 24.2 Å². The lowest BCUT2D eigenvalue weighted by atomic mass is 10.1. The quantitative estimate of drug-likeness (QED) is 0.186. The molecule has 1 aliphatic rings. The highest BCUT2D eigenvalue weighted by Gasteiger charge is 2.29. The van der Waals surface area contributed by atoms with Gasteiger partial charge in [-0.3, -0.25) is 14.7 Å². The Balaban J connectivity index is 0.000000388. The van der Waals surface area contributed by atoms with E-state index >= 15 is 0 Å². The number of carboxylic acids is 2. The van der Waals surface area contributed by atoms with Crippen molar-refractivity contribution in [1.82, 2.24) is 20.2 Å². The third-order valence-electron chi connectivity index (χ3n) is 5.35. The highest BCUT2D eigenvalue weighted by molar-refractivity contribution is 5.83. The minimum Gasteiger partial charge on any atom is -0.479 e. The van der Waals surface area contributed by atoms with Gasteiger partial charge in [0.25, 0.3) is 0 Å². The lowest BCUT2D eigenvalue weighted by Gasteiger charge is -2.35. The number of nitrogens with zero attached hydrogens (tertiary/aromatic N) is 4. The Labute approximate surface area is 208 Å². The monoisotopic (exact) mass is 505 g/mol. The highest BCUT2D eigenvalue weighted by Crippen LogP contribution is 2.27. The number of anilines is 1. The number of ether oxygens (including phenoxy) is 1. The number of aliphatic hydroxyl groups is 2. The lowest BCUT2D eigenvalue weighted by molar-refractivity contribution is -0.165. The van der Waals surface area contributed by atoms with Crippen LogP contribution >= 0.6 is 0 Å². The molecule has 2 heterocycles. The first-order valence-corrected chi connectivity index (χ1v) is 11.1. The van der Waals surface area contributed by atoms with Crippen LogP contribution in [0, 0.1) is 0 Å². The van der Waals surface area contributed by atoms with Gasteiger partial charge in [-0.2, -0.15) is 0 Å². The maximum absolute atomic E-state index is 10.4. The molecule has 2 atom stereocenters. The van der Waals surface area contributed by atoms with E-state index in [4.69, 9.17) is 25.2 Å². The van der Waals surface area contributed by atoms with Gasteiger partial charge in [-0.15, -0.1) is 0 Å². The number of aliphatic carboxylic acids is 2. The summed E-state index contributed by atoms with van der Waals surface area (Å²) in [6.45, 7) is 5.86. The van der Waals surface area contributed by atoms with E-state index in [0.29, 0.717) is 13.2 Å². The Morgan fingerprint density at radius 1 is 1.03 bits per heavy atom. The number of amides is 1. The molecule has 3 rings (SSSR count). The summed E-state index contributed by atoms with van der Waals surface area (Å²) < 4.78 is 5.17. The fourth-order valence-corrected chi connectivity index (χ4v) is 3.43. The van der Waals surface area contributed by atoms with Gasteiger partial charge >= 0.3 is 11.9 Å². The molecule has 1 amide bonds. The molecule has 1 aliphatic heterocycles. The van der Waals surface area contributed by atoms with Crippen LogP contribution in [0.3, 0.4) is 0 Å². The third-order valence-corrected chi connectivity index (χ3v) is 5.35. The van der Waals surface area contributed by atoms with E-state index in [1.165, 1.54) is 0 Å². The van der Waals surface area contributed by atoms with Crippen molar-refractivity contribution in [3.05, 3.63) is 42.2 Å². The summed E-state index contributed by atoms with van der Waals surface area (Å²) in [6, 6.07) is 8.27. The molecule has 0 radical (unpaired) electrons. The van der Waals surface area contributed by atoms with Crippen LogP contribution in [0.4, 0.5) is 5.82 Å². The number of rotatable bonds is 11. The van der Waals surface area contributed by atoms with Gasteiger partial charge in [0.2, 0.25) is 6.41 Å². The summed E-state index contributed by atoms with van der Waals surface area (Å²) in [5.74, 6) is -2.61. The third kappa shape index (κ3) is 8.53. The molecule has 0 saturated carbocycles. The number of aromatic nitrogens is 2. The van der Waals surface area contributed by atoms with E-state index in [-0.39, 0.29) is 0 Å². The Bertz CT molecular complexity index is 965. The van der Waals surface area contributed by atoms with Crippen molar-refractivity contribution in [2.24, 2.45) is 0 Å². The topological polar surface area (TPSA) is 186 Å². The number of carboxylic acid groups (broad SMARTS) is 2. The van der Waals surface area contributed by atoms with E-state index < -0.39 is 24.1 Å². The van der Waals surface area contributed by atoms with E-state index in [0.717, 1.165) is 61.8 Å². The van der Waals surface area contributed by atoms with Gasteiger partial charge in [0, 0.05) is 64.3 Å². The van der Waals surface area contributed by atoms with Gasteiger partial charge in [0.05, 0.1) is 6.61 Å². The summed E-state index contributed by atoms with van der Waals surface area (Å²) >= 11 is 0.